The van der Waals surface area contributed by atoms with E-state index in [4.69, 9.17) is 10.8 Å². The fourth-order valence-corrected chi connectivity index (χ4v) is 1.70. The number of carbonyl (C=O) groups excluding carboxylic acids is 1. The van der Waals surface area contributed by atoms with E-state index in [1.54, 1.807) is 0 Å². The molecule has 0 radical (unpaired) electrons. The molecule has 0 aliphatic heterocycles. The first-order valence-corrected chi connectivity index (χ1v) is 6.04. The molecule has 100 valence electrons. The minimum absolute atomic E-state index is 0.304. The summed E-state index contributed by atoms with van der Waals surface area (Å²) in [6.07, 6.45) is 1.62. The third-order valence-electron chi connectivity index (χ3n) is 2.68. The molecule has 1 amide bonds. The van der Waals surface area contributed by atoms with Crippen LogP contribution in [-0.2, 0) is 9.59 Å². The van der Waals surface area contributed by atoms with Gasteiger partial charge < -0.3 is 16.2 Å². The number of amides is 1. The summed E-state index contributed by atoms with van der Waals surface area (Å²) in [7, 11) is 0. The molecule has 0 rings (SSSR count). The number of carbonyl (C=O) groups is 2. The van der Waals surface area contributed by atoms with Gasteiger partial charge in [0.05, 0.1) is 6.04 Å². The van der Waals surface area contributed by atoms with Gasteiger partial charge in [0.25, 0.3) is 0 Å². The highest BCUT2D eigenvalue weighted by molar-refractivity contribution is 5.89. The van der Waals surface area contributed by atoms with Crippen LogP contribution in [0.25, 0.3) is 0 Å². The van der Waals surface area contributed by atoms with Crippen molar-refractivity contribution >= 4 is 11.9 Å². The summed E-state index contributed by atoms with van der Waals surface area (Å²) >= 11 is 0. The molecule has 0 aromatic heterocycles. The van der Waals surface area contributed by atoms with Crippen molar-refractivity contribution in [2.24, 2.45) is 11.7 Å². The van der Waals surface area contributed by atoms with Gasteiger partial charge in [-0.3, -0.25) is 4.79 Å². The van der Waals surface area contributed by atoms with Crippen LogP contribution in [-0.4, -0.2) is 28.6 Å². The molecule has 0 heterocycles. The third kappa shape index (κ3) is 5.17. The Morgan fingerprint density at radius 3 is 2.29 bits per heavy atom. The van der Waals surface area contributed by atoms with E-state index >= 15 is 0 Å². The molecule has 1 unspecified atom stereocenters. The van der Waals surface area contributed by atoms with Crippen molar-refractivity contribution in [1.29, 1.82) is 0 Å². The van der Waals surface area contributed by atoms with Crippen molar-refractivity contribution in [2.45, 2.75) is 58.5 Å². The van der Waals surface area contributed by atoms with Crippen LogP contribution in [0.2, 0.25) is 0 Å². The standard InChI is InChI=1S/C12H24N2O3/c1-5-6-12(4,11(16)17)14-10(15)9(13)7-8(2)3/h8-9H,5-7,13H2,1-4H3,(H,14,15)(H,16,17)/t9-,12?/m0/s1. The quantitative estimate of drug-likeness (QED) is 0.625. The van der Waals surface area contributed by atoms with Crippen LogP contribution in [0.3, 0.4) is 0 Å². The van der Waals surface area contributed by atoms with E-state index in [2.05, 4.69) is 5.32 Å². The maximum Gasteiger partial charge on any atom is 0.329 e. The molecule has 4 N–H and O–H groups in total. The highest BCUT2D eigenvalue weighted by Gasteiger charge is 2.35. The van der Waals surface area contributed by atoms with Crippen LogP contribution in [0.4, 0.5) is 0 Å². The van der Waals surface area contributed by atoms with Gasteiger partial charge in [0, 0.05) is 0 Å². The summed E-state index contributed by atoms with van der Waals surface area (Å²) in [5, 5.41) is 11.7. The number of nitrogens with two attached hydrogens (primary N) is 1. The topological polar surface area (TPSA) is 92.4 Å². The second kappa shape index (κ2) is 6.59. The number of carboxylic acid groups (broad SMARTS) is 1. The minimum Gasteiger partial charge on any atom is -0.480 e. The minimum atomic E-state index is -1.22. The summed E-state index contributed by atoms with van der Waals surface area (Å²) < 4.78 is 0. The maximum atomic E-state index is 11.8. The molecule has 0 aliphatic carbocycles. The van der Waals surface area contributed by atoms with E-state index in [0.717, 1.165) is 0 Å². The highest BCUT2D eigenvalue weighted by Crippen LogP contribution is 2.13. The van der Waals surface area contributed by atoms with Crippen LogP contribution < -0.4 is 11.1 Å². The Hall–Kier alpha value is -1.10. The number of nitrogens with one attached hydrogen (secondary N) is 1. The molecule has 0 aliphatic rings. The van der Waals surface area contributed by atoms with Crippen LogP contribution in [0.5, 0.6) is 0 Å². The molecule has 2 atom stereocenters. The molecular formula is C12H24N2O3. The van der Waals surface area contributed by atoms with Crippen molar-refractivity contribution in [3.05, 3.63) is 0 Å². The lowest BCUT2D eigenvalue weighted by molar-refractivity contribution is -0.147. The SMILES string of the molecule is CCCC(C)(NC(=O)[C@@H](N)CC(C)C)C(=O)O. The molecule has 0 bridgehead atoms. The fourth-order valence-electron chi connectivity index (χ4n) is 1.70. The van der Waals surface area contributed by atoms with Gasteiger partial charge in [0.1, 0.15) is 5.54 Å². The zero-order chi connectivity index (χ0) is 13.6. The average Bonchev–Trinajstić information content (AvgIpc) is 2.16. The number of hydrogen-bond donors (Lipinski definition) is 3. The number of rotatable bonds is 7. The second-order valence-electron chi connectivity index (χ2n) is 5.11. The van der Waals surface area contributed by atoms with Crippen molar-refractivity contribution < 1.29 is 14.7 Å². The fraction of sp³-hybridized carbons (Fsp3) is 0.833. The van der Waals surface area contributed by atoms with Crippen molar-refractivity contribution in [3.8, 4) is 0 Å². The van der Waals surface area contributed by atoms with E-state index in [1.165, 1.54) is 6.92 Å². The first-order chi connectivity index (χ1) is 7.73. The molecule has 0 aromatic carbocycles. The van der Waals surface area contributed by atoms with Gasteiger partial charge in [-0.25, -0.2) is 4.79 Å². The summed E-state index contributed by atoms with van der Waals surface area (Å²) in [6, 6.07) is -0.648. The predicted octanol–water partition coefficient (Wildman–Crippen LogP) is 1.12. The van der Waals surface area contributed by atoms with E-state index in [1.807, 2.05) is 20.8 Å². The summed E-state index contributed by atoms with van der Waals surface area (Å²) in [5.74, 6) is -1.11. The lowest BCUT2D eigenvalue weighted by Crippen LogP contribution is -2.56. The first kappa shape index (κ1) is 15.9. The molecule has 5 heteroatoms. The van der Waals surface area contributed by atoms with Crippen LogP contribution in [0.15, 0.2) is 0 Å². The molecule has 17 heavy (non-hydrogen) atoms. The highest BCUT2D eigenvalue weighted by atomic mass is 16.4. The van der Waals surface area contributed by atoms with Gasteiger partial charge in [-0.2, -0.15) is 0 Å². The normalized spacial score (nSPS) is 16.4. The maximum absolute atomic E-state index is 11.8. The second-order valence-corrected chi connectivity index (χ2v) is 5.11. The van der Waals surface area contributed by atoms with E-state index < -0.39 is 23.5 Å². The summed E-state index contributed by atoms with van der Waals surface area (Å²) in [6.45, 7) is 7.32. The Morgan fingerprint density at radius 2 is 1.94 bits per heavy atom. The Morgan fingerprint density at radius 1 is 1.41 bits per heavy atom. The Labute approximate surface area is 103 Å². The summed E-state index contributed by atoms with van der Waals surface area (Å²) in [4.78, 5) is 22.9. The monoisotopic (exact) mass is 244 g/mol. The number of aliphatic carboxylic acids is 1. The zero-order valence-electron chi connectivity index (χ0n) is 11.1. The van der Waals surface area contributed by atoms with Gasteiger partial charge in [-0.05, 0) is 25.7 Å². The molecule has 0 spiro atoms. The van der Waals surface area contributed by atoms with E-state index in [-0.39, 0.29) is 0 Å². The van der Waals surface area contributed by atoms with E-state index in [0.29, 0.717) is 25.2 Å². The van der Waals surface area contributed by atoms with Crippen LogP contribution >= 0.6 is 0 Å². The van der Waals surface area contributed by atoms with Gasteiger partial charge >= 0.3 is 5.97 Å². The molecule has 0 saturated carbocycles. The van der Waals surface area contributed by atoms with Crippen molar-refractivity contribution in [1.82, 2.24) is 5.32 Å². The smallest absolute Gasteiger partial charge is 0.329 e. The van der Waals surface area contributed by atoms with Gasteiger partial charge in [-0.15, -0.1) is 0 Å². The molecular weight excluding hydrogens is 220 g/mol. The lowest BCUT2D eigenvalue weighted by atomic mass is 9.95. The largest absolute Gasteiger partial charge is 0.480 e. The van der Waals surface area contributed by atoms with Gasteiger partial charge in [-0.1, -0.05) is 27.2 Å². The van der Waals surface area contributed by atoms with E-state index in [9.17, 15) is 9.59 Å². The number of hydrogen-bond acceptors (Lipinski definition) is 3. The number of carboxylic acids is 1. The van der Waals surface area contributed by atoms with Crippen LogP contribution in [0, 0.1) is 5.92 Å². The molecule has 0 fully saturated rings. The lowest BCUT2D eigenvalue weighted by Gasteiger charge is -2.27. The predicted molar refractivity (Wildman–Crippen MR) is 66.5 cm³/mol. The Bertz CT molecular complexity index is 279. The zero-order valence-corrected chi connectivity index (χ0v) is 11.1. The van der Waals surface area contributed by atoms with Crippen molar-refractivity contribution in [2.75, 3.05) is 0 Å². The van der Waals surface area contributed by atoms with Gasteiger partial charge in [0.15, 0.2) is 0 Å². The first-order valence-electron chi connectivity index (χ1n) is 6.04. The Kier molecular flexibility index (Phi) is 6.16. The molecule has 5 nitrogen and oxygen atoms in total. The summed E-state index contributed by atoms with van der Waals surface area (Å²) in [5.41, 5.74) is 4.49. The third-order valence-corrected chi connectivity index (χ3v) is 2.68. The molecule has 0 saturated heterocycles. The average molecular weight is 244 g/mol. The van der Waals surface area contributed by atoms with Crippen LogP contribution in [0.1, 0.15) is 47.0 Å². The van der Waals surface area contributed by atoms with Crippen molar-refractivity contribution in [3.63, 3.8) is 0 Å². The van der Waals surface area contributed by atoms with Gasteiger partial charge in [0.2, 0.25) is 5.91 Å². The molecule has 0 aromatic rings. The Balaban J connectivity index is 4.56.